The Labute approximate surface area is 113 Å². The third kappa shape index (κ3) is 3.72. The van der Waals surface area contributed by atoms with Gasteiger partial charge in [-0.3, -0.25) is 4.79 Å². The molecule has 0 spiro atoms. The van der Waals surface area contributed by atoms with Crippen molar-refractivity contribution in [1.82, 2.24) is 5.32 Å². The molecule has 19 heavy (non-hydrogen) atoms. The fraction of sp³-hybridized carbons (Fsp3) is 0.467. The number of nitrogens with one attached hydrogen (secondary N) is 1. The van der Waals surface area contributed by atoms with Gasteiger partial charge in [0.05, 0.1) is 24.7 Å². The van der Waals surface area contributed by atoms with Crippen molar-refractivity contribution in [3.05, 3.63) is 28.8 Å². The highest BCUT2D eigenvalue weighted by molar-refractivity contribution is 5.76. The maximum Gasteiger partial charge on any atom is 0.223 e. The van der Waals surface area contributed by atoms with Gasteiger partial charge in [0.2, 0.25) is 5.91 Å². The molecule has 1 N–H and O–H groups in total. The van der Waals surface area contributed by atoms with Crippen molar-refractivity contribution in [3.8, 4) is 11.8 Å². The van der Waals surface area contributed by atoms with E-state index in [0.717, 1.165) is 29.7 Å². The Morgan fingerprint density at radius 1 is 1.42 bits per heavy atom. The molecule has 0 bridgehead atoms. The first-order valence-electron chi connectivity index (χ1n) is 6.53. The predicted molar refractivity (Wildman–Crippen MR) is 71.9 cm³/mol. The number of nitriles is 1. The summed E-state index contributed by atoms with van der Waals surface area (Å²) in [6, 6.07) is 6.11. The average molecular weight is 258 g/mol. The molecule has 1 fully saturated rings. The summed E-state index contributed by atoms with van der Waals surface area (Å²) in [5, 5.41) is 11.8. The third-order valence-electron chi connectivity index (χ3n) is 3.11. The largest absolute Gasteiger partial charge is 0.493 e. The van der Waals surface area contributed by atoms with Crippen molar-refractivity contribution in [1.29, 1.82) is 5.26 Å². The molecule has 4 nitrogen and oxygen atoms in total. The minimum Gasteiger partial charge on any atom is -0.493 e. The predicted octanol–water partition coefficient (Wildman–Crippen LogP) is 2.22. The van der Waals surface area contributed by atoms with E-state index in [0.29, 0.717) is 24.6 Å². The molecule has 1 aromatic carbocycles. The molecule has 0 atom stereocenters. The summed E-state index contributed by atoms with van der Waals surface area (Å²) in [6.07, 6.45) is 2.57. The van der Waals surface area contributed by atoms with Crippen LogP contribution in [-0.2, 0) is 4.79 Å². The van der Waals surface area contributed by atoms with Crippen LogP contribution in [0.5, 0.6) is 5.75 Å². The summed E-state index contributed by atoms with van der Waals surface area (Å²) in [5.74, 6) is 0.824. The molecule has 1 aliphatic carbocycles. The van der Waals surface area contributed by atoms with E-state index in [9.17, 15) is 4.79 Å². The molecule has 2 rings (SSSR count). The minimum atomic E-state index is 0.0476. The minimum absolute atomic E-state index is 0.0476. The second-order valence-corrected chi connectivity index (χ2v) is 4.99. The van der Waals surface area contributed by atoms with Crippen molar-refractivity contribution in [3.63, 3.8) is 0 Å². The van der Waals surface area contributed by atoms with E-state index in [-0.39, 0.29) is 5.91 Å². The molecule has 0 saturated heterocycles. The molecule has 0 aliphatic heterocycles. The lowest BCUT2D eigenvalue weighted by Crippen LogP contribution is -2.26. The van der Waals surface area contributed by atoms with E-state index in [1.165, 1.54) is 0 Å². The van der Waals surface area contributed by atoms with Gasteiger partial charge in [0.1, 0.15) is 5.75 Å². The van der Waals surface area contributed by atoms with Gasteiger partial charge in [-0.05, 0) is 49.9 Å². The van der Waals surface area contributed by atoms with E-state index < -0.39 is 0 Å². The number of carbonyl (C=O) groups excluding carboxylic acids is 1. The van der Waals surface area contributed by atoms with Crippen molar-refractivity contribution < 1.29 is 9.53 Å². The normalized spacial score (nSPS) is 13.7. The van der Waals surface area contributed by atoms with Crippen LogP contribution in [0.25, 0.3) is 0 Å². The quantitative estimate of drug-likeness (QED) is 0.880. The topological polar surface area (TPSA) is 62.1 Å². The third-order valence-corrected chi connectivity index (χ3v) is 3.11. The molecule has 100 valence electrons. The molecule has 1 aliphatic rings. The number of hydrogen-bond acceptors (Lipinski definition) is 3. The first-order chi connectivity index (χ1) is 9.10. The Hall–Kier alpha value is -2.02. The lowest BCUT2D eigenvalue weighted by molar-refractivity contribution is -0.121. The standard InChI is InChI=1S/C15H18N2O2/c1-10-7-12(9-16)8-11(2)15(10)19-6-5-14(18)17-13-3-4-13/h7-8,13H,3-6H2,1-2H3,(H,17,18). The second-order valence-electron chi connectivity index (χ2n) is 4.99. The van der Waals surface area contributed by atoms with Gasteiger partial charge in [0.15, 0.2) is 0 Å². The number of ether oxygens (including phenoxy) is 1. The van der Waals surface area contributed by atoms with Gasteiger partial charge in [-0.2, -0.15) is 5.26 Å². The smallest absolute Gasteiger partial charge is 0.223 e. The van der Waals surface area contributed by atoms with Gasteiger partial charge in [-0.25, -0.2) is 0 Å². The first-order valence-corrected chi connectivity index (χ1v) is 6.53. The molecule has 0 unspecified atom stereocenters. The molecule has 4 heteroatoms. The zero-order valence-corrected chi connectivity index (χ0v) is 11.3. The van der Waals surface area contributed by atoms with Crippen molar-refractivity contribution >= 4 is 5.91 Å². The highest BCUT2D eigenvalue weighted by Crippen LogP contribution is 2.24. The number of amides is 1. The average Bonchev–Trinajstić information content (AvgIpc) is 3.16. The number of nitrogens with zero attached hydrogens (tertiary/aromatic N) is 1. The summed E-state index contributed by atoms with van der Waals surface area (Å²) in [4.78, 5) is 11.5. The van der Waals surface area contributed by atoms with Crippen LogP contribution in [0, 0.1) is 25.2 Å². The Morgan fingerprint density at radius 2 is 2.05 bits per heavy atom. The molecule has 1 amide bonds. The number of rotatable bonds is 5. The van der Waals surface area contributed by atoms with Crippen LogP contribution in [0.15, 0.2) is 12.1 Å². The van der Waals surface area contributed by atoms with Crippen LogP contribution in [0.2, 0.25) is 0 Å². The maximum absolute atomic E-state index is 11.5. The van der Waals surface area contributed by atoms with Crippen LogP contribution in [0.4, 0.5) is 0 Å². The Morgan fingerprint density at radius 3 is 2.58 bits per heavy atom. The van der Waals surface area contributed by atoms with Crippen molar-refractivity contribution in [2.75, 3.05) is 6.61 Å². The lowest BCUT2D eigenvalue weighted by atomic mass is 10.1. The second kappa shape index (κ2) is 5.75. The molecule has 0 heterocycles. The van der Waals surface area contributed by atoms with Gasteiger partial charge in [-0.1, -0.05) is 0 Å². The Balaban J connectivity index is 1.88. The van der Waals surface area contributed by atoms with E-state index in [2.05, 4.69) is 11.4 Å². The Kier molecular flexibility index (Phi) is 4.06. The molecule has 1 aromatic rings. The SMILES string of the molecule is Cc1cc(C#N)cc(C)c1OCCC(=O)NC1CC1. The van der Waals surface area contributed by atoms with E-state index in [1.807, 2.05) is 13.8 Å². The van der Waals surface area contributed by atoms with Crippen LogP contribution in [0.1, 0.15) is 36.0 Å². The molecule has 1 saturated carbocycles. The maximum atomic E-state index is 11.5. The van der Waals surface area contributed by atoms with Gasteiger partial charge < -0.3 is 10.1 Å². The van der Waals surface area contributed by atoms with Gasteiger partial charge in [0, 0.05) is 6.04 Å². The number of carbonyl (C=O) groups is 1. The molecular weight excluding hydrogens is 240 g/mol. The summed E-state index contributed by atoms with van der Waals surface area (Å²) >= 11 is 0. The summed E-state index contributed by atoms with van der Waals surface area (Å²) in [7, 11) is 0. The summed E-state index contributed by atoms with van der Waals surface area (Å²) in [6.45, 7) is 4.19. The van der Waals surface area contributed by atoms with E-state index >= 15 is 0 Å². The monoisotopic (exact) mass is 258 g/mol. The zero-order valence-electron chi connectivity index (χ0n) is 11.3. The molecule has 0 radical (unpaired) electrons. The van der Waals surface area contributed by atoms with Crippen molar-refractivity contribution in [2.45, 2.75) is 39.2 Å². The Bertz CT molecular complexity index is 504. The number of benzene rings is 1. The van der Waals surface area contributed by atoms with Gasteiger partial charge in [-0.15, -0.1) is 0 Å². The number of hydrogen-bond donors (Lipinski definition) is 1. The van der Waals surface area contributed by atoms with E-state index in [1.54, 1.807) is 12.1 Å². The zero-order chi connectivity index (χ0) is 13.8. The van der Waals surface area contributed by atoms with Gasteiger partial charge in [0.25, 0.3) is 0 Å². The lowest BCUT2D eigenvalue weighted by Gasteiger charge is -2.12. The van der Waals surface area contributed by atoms with Crippen LogP contribution in [0.3, 0.4) is 0 Å². The van der Waals surface area contributed by atoms with E-state index in [4.69, 9.17) is 10.00 Å². The number of aryl methyl sites for hydroxylation is 2. The fourth-order valence-corrected chi connectivity index (χ4v) is 2.02. The van der Waals surface area contributed by atoms with Crippen LogP contribution >= 0.6 is 0 Å². The molecule has 0 aromatic heterocycles. The van der Waals surface area contributed by atoms with Gasteiger partial charge >= 0.3 is 0 Å². The fourth-order valence-electron chi connectivity index (χ4n) is 2.02. The first kappa shape index (κ1) is 13.4. The summed E-state index contributed by atoms with van der Waals surface area (Å²) in [5.41, 5.74) is 2.49. The molecular formula is C15H18N2O2. The summed E-state index contributed by atoms with van der Waals surface area (Å²) < 4.78 is 5.67. The van der Waals surface area contributed by atoms with Crippen molar-refractivity contribution in [2.24, 2.45) is 0 Å². The van der Waals surface area contributed by atoms with Crippen LogP contribution < -0.4 is 10.1 Å². The highest BCUT2D eigenvalue weighted by atomic mass is 16.5. The van der Waals surface area contributed by atoms with Crippen LogP contribution in [-0.4, -0.2) is 18.6 Å². The highest BCUT2D eigenvalue weighted by Gasteiger charge is 2.22.